The minimum atomic E-state index is -4.08. The normalized spacial score (nSPS) is 17.6. The summed E-state index contributed by atoms with van der Waals surface area (Å²) in [5.74, 6) is 0.882. The van der Waals surface area contributed by atoms with E-state index in [1.54, 1.807) is 24.3 Å². The Morgan fingerprint density at radius 2 is 1.15 bits per heavy atom. The molecule has 208 valence electrons. The molecule has 0 aliphatic heterocycles. The molecular weight excluding hydrogens is 536 g/mol. The monoisotopic (exact) mass is 573 g/mol. The fraction of sp³-hybridized carbons (Fsp3) is 0.250. The van der Waals surface area contributed by atoms with Crippen molar-refractivity contribution in [3.8, 4) is 11.5 Å². The number of nitrogens with two attached hydrogens (primary N) is 1. The second-order valence-corrected chi connectivity index (χ2v) is 15.1. The van der Waals surface area contributed by atoms with Gasteiger partial charge < -0.3 is 20.1 Å². The fourth-order valence-electron chi connectivity index (χ4n) is 5.20. The lowest BCUT2D eigenvalue weighted by Gasteiger charge is -2.32. The smallest absolute Gasteiger partial charge is 0.399 e. The third kappa shape index (κ3) is 7.13. The van der Waals surface area contributed by atoms with Crippen molar-refractivity contribution in [2.75, 3.05) is 12.7 Å². The molecule has 8 heteroatoms. The standard InChI is InChI=1S/C32H37N3O3P2/c33-31-23-13-14-24-32(31)34-25-26-39(29-19-9-3-10-20-29,30-21-11-4-12-22-30)35-40(36,37-27-15-5-1-6-16-27)38-28-17-7-2-8-18-28/h1-12,15-22,31-32,34H,13-14,23-26,33H2/t31-,32-/m1/s1. The molecule has 1 aliphatic rings. The number of hydrogen-bond acceptors (Lipinski definition) is 5. The molecular formula is C32H37N3O3P2. The summed E-state index contributed by atoms with van der Waals surface area (Å²) in [5.41, 5.74) is 6.46. The molecule has 4 aromatic carbocycles. The summed E-state index contributed by atoms with van der Waals surface area (Å²) in [6, 6.07) is 38.9. The fourth-order valence-corrected chi connectivity index (χ4v) is 11.6. The van der Waals surface area contributed by atoms with Crippen molar-refractivity contribution in [3.63, 3.8) is 0 Å². The van der Waals surface area contributed by atoms with E-state index in [2.05, 4.69) is 29.6 Å². The Hall–Kier alpha value is -3.14. The van der Waals surface area contributed by atoms with Crippen LogP contribution in [0.4, 0.5) is 0 Å². The quantitative estimate of drug-likeness (QED) is 0.189. The Bertz CT molecular complexity index is 1350. The summed E-state index contributed by atoms with van der Waals surface area (Å²) >= 11 is 0. The van der Waals surface area contributed by atoms with Crippen LogP contribution in [0.3, 0.4) is 0 Å². The van der Waals surface area contributed by atoms with Crippen molar-refractivity contribution in [1.29, 1.82) is 0 Å². The topological polar surface area (TPSA) is 85.9 Å². The molecule has 0 amide bonds. The summed E-state index contributed by atoms with van der Waals surface area (Å²) in [6.07, 6.45) is 5.09. The molecule has 40 heavy (non-hydrogen) atoms. The van der Waals surface area contributed by atoms with Gasteiger partial charge in [0.25, 0.3) is 0 Å². The van der Waals surface area contributed by atoms with Gasteiger partial charge in [0.2, 0.25) is 0 Å². The highest BCUT2D eigenvalue weighted by Crippen LogP contribution is 2.61. The van der Waals surface area contributed by atoms with Crippen LogP contribution >= 0.6 is 14.8 Å². The van der Waals surface area contributed by atoms with Gasteiger partial charge in [0.15, 0.2) is 0 Å². The van der Waals surface area contributed by atoms with Crippen molar-refractivity contribution >= 4 is 25.4 Å². The van der Waals surface area contributed by atoms with E-state index >= 15 is 0 Å². The number of nitrogens with one attached hydrogen (secondary N) is 1. The minimum Gasteiger partial charge on any atom is -0.399 e. The maximum absolute atomic E-state index is 14.8. The molecule has 1 saturated carbocycles. The second kappa shape index (κ2) is 13.5. The molecule has 1 fully saturated rings. The average molecular weight is 574 g/mol. The maximum atomic E-state index is 14.8. The molecule has 2 atom stereocenters. The van der Waals surface area contributed by atoms with Crippen molar-refractivity contribution in [2.45, 2.75) is 37.8 Å². The molecule has 0 bridgehead atoms. The number of nitrogens with zero attached hydrogens (tertiary/aromatic N) is 1. The van der Waals surface area contributed by atoms with Crippen LogP contribution in [0, 0.1) is 0 Å². The highest BCUT2D eigenvalue weighted by Gasteiger charge is 2.36. The van der Waals surface area contributed by atoms with Crippen LogP contribution in [0.2, 0.25) is 0 Å². The van der Waals surface area contributed by atoms with Crippen molar-refractivity contribution in [2.24, 2.45) is 10.2 Å². The number of para-hydroxylation sites is 2. The van der Waals surface area contributed by atoms with Crippen LogP contribution in [0.15, 0.2) is 126 Å². The van der Waals surface area contributed by atoms with Crippen LogP contribution in [-0.2, 0) is 4.57 Å². The van der Waals surface area contributed by atoms with Crippen molar-refractivity contribution in [3.05, 3.63) is 121 Å². The van der Waals surface area contributed by atoms with Crippen LogP contribution in [0.1, 0.15) is 25.7 Å². The zero-order valence-electron chi connectivity index (χ0n) is 22.6. The van der Waals surface area contributed by atoms with E-state index in [4.69, 9.17) is 19.3 Å². The third-order valence-corrected chi connectivity index (χ3v) is 13.4. The van der Waals surface area contributed by atoms with Crippen LogP contribution < -0.4 is 30.7 Å². The first-order valence-corrected chi connectivity index (χ1v) is 17.3. The SMILES string of the molecule is N[C@@H]1CCCC[C@H]1NCCP(=NP(=O)(Oc1ccccc1)Oc1ccccc1)(c1ccccc1)c1ccccc1. The minimum absolute atomic E-state index is 0.140. The van der Waals surface area contributed by atoms with Crippen molar-refractivity contribution in [1.82, 2.24) is 5.32 Å². The van der Waals surface area contributed by atoms with Gasteiger partial charge in [-0.2, -0.15) is 4.52 Å². The molecule has 6 nitrogen and oxygen atoms in total. The first-order chi connectivity index (χ1) is 19.6. The van der Waals surface area contributed by atoms with Gasteiger partial charge in [0.05, 0.1) is 0 Å². The van der Waals surface area contributed by atoms with Gasteiger partial charge in [-0.05, 0) is 47.7 Å². The lowest BCUT2D eigenvalue weighted by atomic mass is 9.91. The molecule has 0 radical (unpaired) electrons. The van der Waals surface area contributed by atoms with Gasteiger partial charge in [0, 0.05) is 31.8 Å². The Labute approximate surface area is 237 Å². The zero-order chi connectivity index (χ0) is 27.7. The van der Waals surface area contributed by atoms with Gasteiger partial charge >= 0.3 is 7.75 Å². The first-order valence-electron chi connectivity index (χ1n) is 13.9. The molecule has 5 rings (SSSR count). The Balaban J connectivity index is 1.63. The average Bonchev–Trinajstić information content (AvgIpc) is 2.99. The molecule has 3 N–H and O–H groups in total. The van der Waals surface area contributed by atoms with Gasteiger partial charge in [-0.25, -0.2) is 4.57 Å². The van der Waals surface area contributed by atoms with Crippen LogP contribution in [0.25, 0.3) is 0 Å². The van der Waals surface area contributed by atoms with E-state index in [1.807, 2.05) is 72.8 Å². The molecule has 0 saturated heterocycles. The number of hydrogen-bond donors (Lipinski definition) is 2. The van der Waals surface area contributed by atoms with Crippen LogP contribution in [-0.4, -0.2) is 24.8 Å². The van der Waals surface area contributed by atoms with E-state index in [0.29, 0.717) is 24.2 Å². The van der Waals surface area contributed by atoms with Crippen molar-refractivity contribution < 1.29 is 13.6 Å². The van der Waals surface area contributed by atoms with Gasteiger partial charge in [-0.1, -0.05) is 110 Å². The van der Waals surface area contributed by atoms with E-state index in [-0.39, 0.29) is 12.1 Å². The predicted octanol–water partition coefficient (Wildman–Crippen LogP) is 6.96. The Morgan fingerprint density at radius 1 is 0.700 bits per heavy atom. The molecule has 1 aliphatic carbocycles. The second-order valence-electron chi connectivity index (χ2n) is 10.0. The van der Waals surface area contributed by atoms with Crippen LogP contribution in [0.5, 0.6) is 11.5 Å². The molecule has 0 aromatic heterocycles. The highest BCUT2D eigenvalue weighted by molar-refractivity contribution is 7.84. The number of rotatable bonds is 11. The Kier molecular flexibility index (Phi) is 9.57. The summed E-state index contributed by atoms with van der Waals surface area (Å²) in [6.45, 7) is 0.677. The van der Waals surface area contributed by atoms with Gasteiger partial charge in [0.1, 0.15) is 11.5 Å². The molecule has 0 heterocycles. The maximum Gasteiger partial charge on any atom is 0.562 e. The summed E-state index contributed by atoms with van der Waals surface area (Å²) in [5, 5.41) is 5.76. The third-order valence-electron chi connectivity index (χ3n) is 7.22. The number of benzene rings is 4. The zero-order valence-corrected chi connectivity index (χ0v) is 24.4. The van der Waals surface area contributed by atoms with E-state index in [0.717, 1.165) is 23.5 Å². The van der Waals surface area contributed by atoms with Gasteiger partial charge in [-0.3, -0.25) is 0 Å². The molecule has 0 unspecified atom stereocenters. The largest absolute Gasteiger partial charge is 0.562 e. The lowest BCUT2D eigenvalue weighted by molar-refractivity contribution is 0.333. The Morgan fingerprint density at radius 3 is 1.62 bits per heavy atom. The molecule has 0 spiro atoms. The van der Waals surface area contributed by atoms with Gasteiger partial charge in [-0.15, -0.1) is 0 Å². The predicted molar refractivity (Wildman–Crippen MR) is 166 cm³/mol. The van der Waals surface area contributed by atoms with E-state index < -0.39 is 14.8 Å². The van der Waals surface area contributed by atoms with E-state index in [1.165, 1.54) is 12.8 Å². The lowest BCUT2D eigenvalue weighted by Crippen LogP contribution is -2.48. The summed E-state index contributed by atoms with van der Waals surface area (Å²) < 4.78 is 32.4. The summed E-state index contributed by atoms with van der Waals surface area (Å²) in [4.78, 5) is 0. The first kappa shape index (κ1) is 28.4. The van der Waals surface area contributed by atoms with E-state index in [9.17, 15) is 4.57 Å². The summed E-state index contributed by atoms with van der Waals surface area (Å²) in [7, 11) is -6.75. The molecule has 4 aromatic rings. The highest BCUT2D eigenvalue weighted by atomic mass is 31.2.